The van der Waals surface area contributed by atoms with Crippen molar-refractivity contribution in [2.75, 3.05) is 11.4 Å². The van der Waals surface area contributed by atoms with Gasteiger partial charge in [0.25, 0.3) is 5.91 Å². The molecule has 0 bridgehead atoms. The van der Waals surface area contributed by atoms with Crippen molar-refractivity contribution in [3.05, 3.63) is 29.6 Å². The van der Waals surface area contributed by atoms with E-state index >= 15 is 0 Å². The molecule has 3 N–H and O–H groups in total. The topological polar surface area (TPSA) is 92.9 Å². The number of halogens is 1. The van der Waals surface area contributed by atoms with Crippen molar-refractivity contribution in [3.8, 4) is 0 Å². The molecule has 2 amide bonds. The third-order valence-electron chi connectivity index (χ3n) is 3.98. The second-order valence-electron chi connectivity index (χ2n) is 5.41. The van der Waals surface area contributed by atoms with Gasteiger partial charge in [-0.25, -0.2) is 9.18 Å². The lowest BCUT2D eigenvalue weighted by atomic mass is 9.77. The Balaban J connectivity index is 1.79. The summed E-state index contributed by atoms with van der Waals surface area (Å²) in [6.07, 6.45) is -0.997. The number of primary amides is 1. The lowest BCUT2D eigenvalue weighted by Crippen LogP contribution is -2.32. The van der Waals surface area contributed by atoms with Gasteiger partial charge in [-0.15, -0.1) is 0 Å². The van der Waals surface area contributed by atoms with Crippen molar-refractivity contribution in [2.24, 2.45) is 5.73 Å². The minimum atomic E-state index is -1.01. The summed E-state index contributed by atoms with van der Waals surface area (Å²) in [5, 5.41) is 9.28. The number of nitrogens with two attached hydrogens (primary N) is 1. The van der Waals surface area contributed by atoms with Crippen molar-refractivity contribution in [2.45, 2.75) is 31.0 Å². The van der Waals surface area contributed by atoms with Crippen molar-refractivity contribution in [3.63, 3.8) is 0 Å². The van der Waals surface area contributed by atoms with E-state index in [-0.39, 0.29) is 18.6 Å². The molecule has 0 aromatic heterocycles. The minimum absolute atomic E-state index is 0.0120. The van der Waals surface area contributed by atoms with Crippen LogP contribution in [0.3, 0.4) is 0 Å². The summed E-state index contributed by atoms with van der Waals surface area (Å²) in [6.45, 7) is -0.0188. The summed E-state index contributed by atoms with van der Waals surface area (Å²) in [7, 11) is 0. The number of carbonyl (C=O) groups is 2. The predicted molar refractivity (Wildman–Crippen MR) is 71.2 cm³/mol. The summed E-state index contributed by atoms with van der Waals surface area (Å²) < 4.78 is 18.9. The SMILES string of the molecule is NC(=O)[C@H]1CN(c2ccc(C3CC(O)C3)c(F)c2)C(=O)O1. The number of rotatable bonds is 3. The Morgan fingerprint density at radius 2 is 2.14 bits per heavy atom. The second kappa shape index (κ2) is 5.00. The fourth-order valence-corrected chi connectivity index (χ4v) is 2.68. The van der Waals surface area contributed by atoms with Gasteiger partial charge in [0.2, 0.25) is 0 Å². The molecule has 1 aromatic rings. The zero-order valence-corrected chi connectivity index (χ0v) is 11.2. The molecule has 1 aromatic carbocycles. The number of ether oxygens (including phenoxy) is 1. The van der Waals surface area contributed by atoms with Crippen LogP contribution in [0.5, 0.6) is 0 Å². The van der Waals surface area contributed by atoms with Gasteiger partial charge in [-0.3, -0.25) is 9.69 Å². The van der Waals surface area contributed by atoms with E-state index in [9.17, 15) is 19.1 Å². The standard InChI is InChI=1S/C14H15FN2O4/c15-11-5-8(1-2-10(11)7-3-9(18)4-7)17-6-12(13(16)19)21-14(17)20/h1-2,5,7,9,12,18H,3-4,6H2,(H2,16,19)/t7?,9?,12-/m1/s1. The third-order valence-corrected chi connectivity index (χ3v) is 3.98. The summed E-state index contributed by atoms with van der Waals surface area (Å²) in [4.78, 5) is 23.9. The van der Waals surface area contributed by atoms with Gasteiger partial charge in [-0.2, -0.15) is 0 Å². The number of carbonyl (C=O) groups excluding carboxylic acids is 2. The molecule has 3 rings (SSSR count). The molecule has 7 heteroatoms. The molecule has 1 saturated carbocycles. The fraction of sp³-hybridized carbons (Fsp3) is 0.429. The quantitative estimate of drug-likeness (QED) is 0.865. The van der Waals surface area contributed by atoms with Crippen LogP contribution in [0.2, 0.25) is 0 Å². The summed E-state index contributed by atoms with van der Waals surface area (Å²) in [6, 6.07) is 4.45. The van der Waals surface area contributed by atoms with Crippen LogP contribution in [0, 0.1) is 5.82 Å². The number of hydrogen-bond acceptors (Lipinski definition) is 4. The Labute approximate surface area is 120 Å². The fourth-order valence-electron chi connectivity index (χ4n) is 2.68. The smallest absolute Gasteiger partial charge is 0.415 e. The molecular formula is C14H15FN2O4. The Morgan fingerprint density at radius 1 is 1.43 bits per heavy atom. The lowest BCUT2D eigenvalue weighted by Gasteiger charge is -2.32. The van der Waals surface area contributed by atoms with Gasteiger partial charge in [0, 0.05) is 0 Å². The van der Waals surface area contributed by atoms with Crippen LogP contribution in [0.4, 0.5) is 14.9 Å². The van der Waals surface area contributed by atoms with E-state index < -0.39 is 23.9 Å². The maximum absolute atomic E-state index is 14.1. The number of hydrogen-bond donors (Lipinski definition) is 2. The zero-order valence-electron chi connectivity index (χ0n) is 11.2. The summed E-state index contributed by atoms with van der Waals surface area (Å²) in [5.41, 5.74) is 5.95. The van der Waals surface area contributed by atoms with Gasteiger partial charge in [0.05, 0.1) is 18.3 Å². The molecule has 2 fully saturated rings. The van der Waals surface area contributed by atoms with Crippen LogP contribution in [-0.2, 0) is 9.53 Å². The number of nitrogens with zero attached hydrogens (tertiary/aromatic N) is 1. The molecule has 1 aliphatic carbocycles. The molecule has 1 aliphatic heterocycles. The first-order valence-electron chi connectivity index (χ1n) is 6.70. The summed E-state index contributed by atoms with van der Waals surface area (Å²) in [5.74, 6) is -1.15. The molecule has 0 unspecified atom stereocenters. The van der Waals surface area contributed by atoms with Crippen LogP contribution in [0.15, 0.2) is 18.2 Å². The van der Waals surface area contributed by atoms with E-state index in [1.54, 1.807) is 12.1 Å². The Kier molecular flexibility index (Phi) is 3.29. The van der Waals surface area contributed by atoms with Crippen LogP contribution in [0.25, 0.3) is 0 Å². The van der Waals surface area contributed by atoms with Crippen molar-refractivity contribution in [1.29, 1.82) is 0 Å². The maximum Gasteiger partial charge on any atom is 0.415 e. The van der Waals surface area contributed by atoms with Gasteiger partial charge in [-0.05, 0) is 36.5 Å². The molecule has 112 valence electrons. The van der Waals surface area contributed by atoms with Gasteiger partial charge in [-0.1, -0.05) is 6.07 Å². The van der Waals surface area contributed by atoms with Gasteiger partial charge in [0.15, 0.2) is 6.10 Å². The zero-order chi connectivity index (χ0) is 15.1. The molecule has 0 radical (unpaired) electrons. The second-order valence-corrected chi connectivity index (χ2v) is 5.41. The third kappa shape index (κ3) is 2.44. The number of benzene rings is 1. The predicted octanol–water partition coefficient (Wildman–Crippen LogP) is 0.874. The van der Waals surface area contributed by atoms with Crippen LogP contribution in [0.1, 0.15) is 24.3 Å². The molecule has 0 spiro atoms. The average molecular weight is 294 g/mol. The van der Waals surface area contributed by atoms with Crippen LogP contribution >= 0.6 is 0 Å². The average Bonchev–Trinajstić information content (AvgIpc) is 2.78. The minimum Gasteiger partial charge on any atom is -0.434 e. The van der Waals surface area contributed by atoms with Gasteiger partial charge >= 0.3 is 6.09 Å². The van der Waals surface area contributed by atoms with E-state index in [4.69, 9.17) is 10.5 Å². The molecule has 2 aliphatic rings. The summed E-state index contributed by atoms with van der Waals surface area (Å²) >= 11 is 0. The molecule has 21 heavy (non-hydrogen) atoms. The van der Waals surface area contributed by atoms with Gasteiger partial charge < -0.3 is 15.6 Å². The molecule has 1 heterocycles. The largest absolute Gasteiger partial charge is 0.434 e. The lowest BCUT2D eigenvalue weighted by molar-refractivity contribution is -0.124. The van der Waals surface area contributed by atoms with E-state index in [0.29, 0.717) is 24.1 Å². The van der Waals surface area contributed by atoms with Crippen LogP contribution in [-0.4, -0.2) is 35.9 Å². The first-order valence-corrected chi connectivity index (χ1v) is 6.70. The Morgan fingerprint density at radius 3 is 2.67 bits per heavy atom. The highest BCUT2D eigenvalue weighted by molar-refractivity contribution is 5.95. The van der Waals surface area contributed by atoms with E-state index in [1.165, 1.54) is 11.0 Å². The van der Waals surface area contributed by atoms with Crippen LogP contribution < -0.4 is 10.6 Å². The molecule has 1 saturated heterocycles. The molecular weight excluding hydrogens is 279 g/mol. The number of aliphatic hydroxyl groups is 1. The monoisotopic (exact) mass is 294 g/mol. The van der Waals surface area contributed by atoms with E-state index in [2.05, 4.69) is 0 Å². The first-order chi connectivity index (χ1) is 9.95. The molecule has 1 atom stereocenters. The highest BCUT2D eigenvalue weighted by Gasteiger charge is 2.36. The number of cyclic esters (lactones) is 1. The number of anilines is 1. The van der Waals surface area contributed by atoms with Gasteiger partial charge in [0.1, 0.15) is 5.82 Å². The Bertz CT molecular complexity index is 601. The van der Waals surface area contributed by atoms with E-state index in [1.807, 2.05) is 0 Å². The maximum atomic E-state index is 14.1. The highest BCUT2D eigenvalue weighted by Crippen LogP contribution is 2.39. The number of amides is 2. The van der Waals surface area contributed by atoms with E-state index in [0.717, 1.165) is 0 Å². The van der Waals surface area contributed by atoms with Crippen molar-refractivity contribution < 1.29 is 23.8 Å². The highest BCUT2D eigenvalue weighted by atomic mass is 19.1. The normalized spacial score (nSPS) is 28.2. The van der Waals surface area contributed by atoms with Crippen molar-refractivity contribution in [1.82, 2.24) is 0 Å². The van der Waals surface area contributed by atoms with Crippen molar-refractivity contribution >= 4 is 17.7 Å². The first kappa shape index (κ1) is 13.8. The molecule has 6 nitrogen and oxygen atoms in total. The Hall–Kier alpha value is -2.15. The number of aliphatic hydroxyl groups excluding tert-OH is 1.